The minimum atomic E-state index is -0.662. The first-order chi connectivity index (χ1) is 19.5. The molecule has 8 nitrogen and oxygen atoms in total. The van der Waals surface area contributed by atoms with Gasteiger partial charge < -0.3 is 19.9 Å². The molecule has 0 spiro atoms. The van der Waals surface area contributed by atoms with Gasteiger partial charge in [-0.15, -0.1) is 0 Å². The topological polar surface area (TPSA) is 109 Å². The predicted molar refractivity (Wildman–Crippen MR) is 153 cm³/mol. The Morgan fingerprint density at radius 3 is 2.52 bits per heavy atom. The lowest BCUT2D eigenvalue weighted by Gasteiger charge is -2.10. The van der Waals surface area contributed by atoms with E-state index < -0.39 is 11.8 Å². The highest BCUT2D eigenvalue weighted by molar-refractivity contribution is 6.31. The Hall–Kier alpha value is -5.08. The van der Waals surface area contributed by atoms with Crippen molar-refractivity contribution in [1.29, 1.82) is 0 Å². The molecule has 0 aromatic heterocycles. The van der Waals surface area contributed by atoms with Gasteiger partial charge in [0.05, 0.1) is 6.21 Å². The first-order valence-corrected chi connectivity index (χ1v) is 12.7. The molecule has 1 aliphatic heterocycles. The van der Waals surface area contributed by atoms with Gasteiger partial charge in [-0.3, -0.25) is 9.59 Å². The van der Waals surface area contributed by atoms with Gasteiger partial charge in [0.2, 0.25) is 6.79 Å². The van der Waals surface area contributed by atoms with E-state index in [0.717, 1.165) is 11.1 Å². The maximum absolute atomic E-state index is 13.1. The second-order valence-electron chi connectivity index (χ2n) is 8.85. The maximum atomic E-state index is 13.1. The van der Waals surface area contributed by atoms with Crippen LogP contribution in [0.1, 0.15) is 32.6 Å². The Labute approximate surface area is 235 Å². The van der Waals surface area contributed by atoms with Crippen LogP contribution in [0, 0.1) is 0 Å². The first kappa shape index (κ1) is 26.5. The molecule has 9 heteroatoms. The van der Waals surface area contributed by atoms with Crippen molar-refractivity contribution in [1.82, 2.24) is 10.7 Å². The first-order valence-electron chi connectivity index (χ1n) is 12.3. The molecule has 0 radical (unpaired) electrons. The van der Waals surface area contributed by atoms with Crippen LogP contribution in [0.2, 0.25) is 5.02 Å². The lowest BCUT2D eigenvalue weighted by molar-refractivity contribution is -0.117. The highest BCUT2D eigenvalue weighted by atomic mass is 35.5. The number of carbonyl (C=O) groups excluding carboxylic acids is 2. The zero-order chi connectivity index (χ0) is 27.9. The Morgan fingerprint density at radius 1 is 0.925 bits per heavy atom. The fourth-order valence-corrected chi connectivity index (χ4v) is 4.21. The standard InChI is InChI=1S/C31H24ClN3O5/c32-25-9-5-4-8-23(25)14-20-10-12-27(36)24(15-20)18-33-35-31(38)26(34-30(37)22-6-2-1-3-7-22)16-21-11-13-28-29(17-21)40-19-39-28/h1-13,15-18,36H,14,19H2,(H,34,37)(H,35,38)/b26-16+,33-18+. The number of fused-ring (bicyclic) bond motifs is 1. The normalized spacial score (nSPS) is 12.4. The molecule has 1 aliphatic rings. The van der Waals surface area contributed by atoms with Crippen molar-refractivity contribution in [2.24, 2.45) is 5.10 Å². The number of hydrogen-bond donors (Lipinski definition) is 3. The Kier molecular flexibility index (Phi) is 8.08. The molecule has 200 valence electrons. The number of phenolic OH excluding ortho intramolecular Hbond substituents is 1. The van der Waals surface area contributed by atoms with Gasteiger partial charge in [-0.1, -0.05) is 60.1 Å². The summed E-state index contributed by atoms with van der Waals surface area (Å²) in [7, 11) is 0. The molecule has 5 rings (SSSR count). The number of benzene rings is 4. The zero-order valence-corrected chi connectivity index (χ0v) is 21.9. The van der Waals surface area contributed by atoms with Crippen molar-refractivity contribution >= 4 is 35.7 Å². The van der Waals surface area contributed by atoms with Crippen LogP contribution in [0.5, 0.6) is 17.2 Å². The number of ether oxygens (including phenoxy) is 2. The third-order valence-corrected chi connectivity index (χ3v) is 6.42. The van der Waals surface area contributed by atoms with Gasteiger partial charge in [0.25, 0.3) is 11.8 Å². The van der Waals surface area contributed by atoms with Crippen molar-refractivity contribution in [3.63, 3.8) is 0 Å². The van der Waals surface area contributed by atoms with Gasteiger partial charge in [0, 0.05) is 16.1 Å². The summed E-state index contributed by atoms with van der Waals surface area (Å²) >= 11 is 6.28. The highest BCUT2D eigenvalue weighted by Gasteiger charge is 2.17. The average molecular weight is 554 g/mol. The molecule has 0 saturated heterocycles. The number of rotatable bonds is 8. The summed E-state index contributed by atoms with van der Waals surface area (Å²) in [5.74, 6) is 0.00155. The quantitative estimate of drug-likeness (QED) is 0.156. The van der Waals surface area contributed by atoms with Crippen LogP contribution in [0.4, 0.5) is 0 Å². The lowest BCUT2D eigenvalue weighted by atomic mass is 10.0. The molecule has 0 bridgehead atoms. The number of nitrogens with zero attached hydrogens (tertiary/aromatic N) is 1. The number of aromatic hydroxyl groups is 1. The molecular formula is C31H24ClN3O5. The minimum Gasteiger partial charge on any atom is -0.507 e. The van der Waals surface area contributed by atoms with Crippen LogP contribution >= 0.6 is 11.6 Å². The lowest BCUT2D eigenvalue weighted by Crippen LogP contribution is -2.32. The van der Waals surface area contributed by atoms with E-state index in [1.165, 1.54) is 12.3 Å². The SMILES string of the molecule is O=C(N/N=C/c1cc(Cc2ccccc2Cl)ccc1O)/C(=C\c1ccc2c(c1)OCO2)NC(=O)c1ccccc1. The summed E-state index contributed by atoms with van der Waals surface area (Å²) in [4.78, 5) is 26.0. The van der Waals surface area contributed by atoms with Crippen molar-refractivity contribution in [2.75, 3.05) is 6.79 Å². The maximum Gasteiger partial charge on any atom is 0.287 e. The third kappa shape index (κ3) is 6.48. The van der Waals surface area contributed by atoms with Crippen molar-refractivity contribution in [2.45, 2.75) is 6.42 Å². The fourth-order valence-electron chi connectivity index (χ4n) is 4.01. The largest absolute Gasteiger partial charge is 0.507 e. The molecule has 4 aromatic carbocycles. The van der Waals surface area contributed by atoms with E-state index in [-0.39, 0.29) is 18.2 Å². The molecule has 4 aromatic rings. The predicted octanol–water partition coefficient (Wildman–Crippen LogP) is 5.29. The van der Waals surface area contributed by atoms with Crippen LogP contribution in [0.25, 0.3) is 6.08 Å². The number of halogens is 1. The third-order valence-electron chi connectivity index (χ3n) is 6.05. The Morgan fingerprint density at radius 2 is 1.70 bits per heavy atom. The van der Waals surface area contributed by atoms with Crippen LogP contribution in [-0.4, -0.2) is 29.9 Å². The van der Waals surface area contributed by atoms with E-state index in [0.29, 0.717) is 39.6 Å². The molecule has 2 amide bonds. The summed E-state index contributed by atoms with van der Waals surface area (Å²) in [5.41, 5.74) is 5.62. The van der Waals surface area contributed by atoms with Crippen LogP contribution in [0.3, 0.4) is 0 Å². The summed E-state index contributed by atoms with van der Waals surface area (Å²) in [6.07, 6.45) is 3.40. The smallest absolute Gasteiger partial charge is 0.287 e. The van der Waals surface area contributed by atoms with E-state index in [4.69, 9.17) is 21.1 Å². The summed E-state index contributed by atoms with van der Waals surface area (Å²) in [6, 6.07) is 26.3. The Bertz CT molecular complexity index is 1620. The number of carbonyl (C=O) groups is 2. The van der Waals surface area contributed by atoms with Gasteiger partial charge in [-0.25, -0.2) is 5.43 Å². The van der Waals surface area contributed by atoms with Gasteiger partial charge in [0.15, 0.2) is 11.5 Å². The number of phenols is 1. The summed E-state index contributed by atoms with van der Waals surface area (Å²) in [6.45, 7) is 0.113. The monoisotopic (exact) mass is 553 g/mol. The molecule has 0 unspecified atom stereocenters. The number of amides is 2. The molecule has 3 N–H and O–H groups in total. The summed E-state index contributed by atoms with van der Waals surface area (Å²) in [5, 5.41) is 17.7. The van der Waals surface area contributed by atoms with Gasteiger partial charge in [0.1, 0.15) is 11.4 Å². The second kappa shape index (κ2) is 12.2. The zero-order valence-electron chi connectivity index (χ0n) is 21.1. The number of hydrogen-bond acceptors (Lipinski definition) is 6. The van der Waals surface area contributed by atoms with Gasteiger partial charge in [-0.2, -0.15) is 5.10 Å². The van der Waals surface area contributed by atoms with Crippen molar-refractivity contribution < 1.29 is 24.2 Å². The van der Waals surface area contributed by atoms with E-state index in [9.17, 15) is 14.7 Å². The van der Waals surface area contributed by atoms with E-state index in [1.54, 1.807) is 66.7 Å². The van der Waals surface area contributed by atoms with Crippen molar-refractivity contribution in [3.05, 3.63) is 130 Å². The van der Waals surface area contributed by atoms with Gasteiger partial charge in [-0.05, 0) is 71.7 Å². The van der Waals surface area contributed by atoms with E-state index >= 15 is 0 Å². The molecule has 0 saturated carbocycles. The number of nitrogens with one attached hydrogen (secondary N) is 2. The average Bonchev–Trinajstić information content (AvgIpc) is 3.44. The molecular weight excluding hydrogens is 530 g/mol. The van der Waals surface area contributed by atoms with Crippen LogP contribution in [0.15, 0.2) is 102 Å². The molecule has 40 heavy (non-hydrogen) atoms. The minimum absolute atomic E-state index is 0.00517. The van der Waals surface area contributed by atoms with Crippen LogP contribution < -0.4 is 20.2 Å². The van der Waals surface area contributed by atoms with Crippen LogP contribution in [-0.2, 0) is 11.2 Å². The molecule has 0 atom stereocenters. The molecule has 0 fully saturated rings. The summed E-state index contributed by atoms with van der Waals surface area (Å²) < 4.78 is 10.8. The second-order valence-corrected chi connectivity index (χ2v) is 9.26. The number of hydrazone groups is 1. The van der Waals surface area contributed by atoms with Gasteiger partial charge >= 0.3 is 0 Å². The van der Waals surface area contributed by atoms with E-state index in [1.807, 2.05) is 24.3 Å². The molecule has 1 heterocycles. The fraction of sp³-hybridized carbons (Fsp3) is 0.0645. The highest BCUT2D eigenvalue weighted by Crippen LogP contribution is 2.33. The van der Waals surface area contributed by atoms with Crippen molar-refractivity contribution in [3.8, 4) is 17.2 Å². The molecule has 0 aliphatic carbocycles. The van der Waals surface area contributed by atoms with E-state index in [2.05, 4.69) is 15.8 Å². The Balaban J connectivity index is 1.34.